The molecule has 0 fully saturated rings. The highest BCUT2D eigenvalue weighted by molar-refractivity contribution is 8.13. The number of hydrogen-bond donors (Lipinski definition) is 0. The fraction of sp³-hybridized carbons (Fsp3) is 0.438. The summed E-state index contributed by atoms with van der Waals surface area (Å²) >= 11 is 1.27. The zero-order valence-electron chi connectivity index (χ0n) is 12.9. The third-order valence-electron chi connectivity index (χ3n) is 3.30. The summed E-state index contributed by atoms with van der Waals surface area (Å²) in [5, 5.41) is 8.32. The fourth-order valence-electron chi connectivity index (χ4n) is 1.99. The topological polar surface area (TPSA) is 47.8 Å². The van der Waals surface area contributed by atoms with Crippen molar-refractivity contribution >= 4 is 24.7 Å². The molecule has 0 aliphatic rings. The average molecular weight is 313 g/mol. The molecule has 1 aromatic heterocycles. The Morgan fingerprint density at radius 2 is 2.09 bits per heavy atom. The summed E-state index contributed by atoms with van der Waals surface area (Å²) in [5.74, 6) is 0. The molecule has 0 saturated heterocycles. The molecule has 0 atom stereocenters. The molecule has 0 aliphatic heterocycles. The maximum atomic E-state index is 12.0. The molecule has 4 nitrogen and oxygen atoms in total. The maximum Gasteiger partial charge on any atom is 0.194 e. The second-order valence-corrected chi connectivity index (χ2v) is 6.28. The van der Waals surface area contributed by atoms with Crippen molar-refractivity contribution in [3.63, 3.8) is 0 Å². The van der Waals surface area contributed by atoms with Crippen LogP contribution in [0.5, 0.6) is 0 Å². The van der Waals surface area contributed by atoms with Crippen LogP contribution >= 0.6 is 11.8 Å². The molecule has 6 heteroatoms. The zero-order valence-corrected chi connectivity index (χ0v) is 13.7. The van der Waals surface area contributed by atoms with E-state index in [0.717, 1.165) is 35.5 Å². The van der Waals surface area contributed by atoms with Gasteiger partial charge in [-0.3, -0.25) is 9.48 Å². The first-order valence-electron chi connectivity index (χ1n) is 7.60. The minimum atomic E-state index is 0.142. The molecule has 114 valence electrons. The second kappa shape index (κ2) is 8.78. The average Bonchev–Trinajstić information content (AvgIpc) is 2.99. The van der Waals surface area contributed by atoms with Gasteiger partial charge in [-0.1, -0.05) is 54.3 Å². The SMILES string of the molecule is [B]Cc1ccc(SC(=O)CCc2cn(CCCC)nn2)cc1. The summed E-state index contributed by atoms with van der Waals surface area (Å²) in [6.45, 7) is 3.04. The van der Waals surface area contributed by atoms with Crippen molar-refractivity contribution < 1.29 is 4.79 Å². The first kappa shape index (κ1) is 16.8. The van der Waals surface area contributed by atoms with Gasteiger partial charge in [0, 0.05) is 30.5 Å². The number of carbonyl (C=O) groups excluding carboxylic acids is 1. The number of aromatic nitrogens is 3. The number of thioether (sulfide) groups is 1. The minimum Gasteiger partial charge on any atom is -0.287 e. The summed E-state index contributed by atoms with van der Waals surface area (Å²) in [6, 6.07) is 7.78. The van der Waals surface area contributed by atoms with E-state index in [2.05, 4.69) is 17.2 Å². The predicted octanol–water partition coefficient (Wildman–Crippen LogP) is 3.00. The van der Waals surface area contributed by atoms with Crippen molar-refractivity contribution in [2.45, 2.75) is 50.4 Å². The lowest BCUT2D eigenvalue weighted by atomic mass is 9.97. The second-order valence-electron chi connectivity index (χ2n) is 5.15. The number of hydrogen-bond acceptors (Lipinski definition) is 4. The molecule has 0 unspecified atom stereocenters. The van der Waals surface area contributed by atoms with Crippen LogP contribution < -0.4 is 0 Å². The molecule has 1 heterocycles. The number of rotatable bonds is 8. The summed E-state index contributed by atoms with van der Waals surface area (Å²) < 4.78 is 1.85. The van der Waals surface area contributed by atoms with E-state index < -0.39 is 0 Å². The van der Waals surface area contributed by atoms with E-state index in [1.54, 1.807) is 0 Å². The van der Waals surface area contributed by atoms with Gasteiger partial charge >= 0.3 is 0 Å². The molecule has 1 aromatic carbocycles. The van der Waals surface area contributed by atoms with Crippen LogP contribution in [0.2, 0.25) is 0 Å². The van der Waals surface area contributed by atoms with Crippen LogP contribution in [0.15, 0.2) is 35.4 Å². The lowest BCUT2D eigenvalue weighted by molar-refractivity contribution is -0.110. The first-order chi connectivity index (χ1) is 10.7. The van der Waals surface area contributed by atoms with Crippen LogP contribution in [-0.2, 0) is 24.1 Å². The largest absolute Gasteiger partial charge is 0.287 e. The van der Waals surface area contributed by atoms with E-state index in [1.807, 2.05) is 35.1 Å². The van der Waals surface area contributed by atoms with E-state index in [9.17, 15) is 4.79 Å². The van der Waals surface area contributed by atoms with Crippen molar-refractivity contribution in [2.24, 2.45) is 0 Å². The Kier molecular flexibility index (Phi) is 6.71. The van der Waals surface area contributed by atoms with Crippen LogP contribution in [0.1, 0.15) is 37.4 Å². The highest BCUT2D eigenvalue weighted by Gasteiger charge is 2.08. The molecule has 22 heavy (non-hydrogen) atoms. The van der Waals surface area contributed by atoms with Gasteiger partial charge in [0.05, 0.1) is 13.5 Å². The van der Waals surface area contributed by atoms with Gasteiger partial charge in [0.25, 0.3) is 0 Å². The molecule has 0 bridgehead atoms. The summed E-state index contributed by atoms with van der Waals surface area (Å²) in [4.78, 5) is 13.0. The number of nitrogens with zero attached hydrogens (tertiary/aromatic N) is 3. The van der Waals surface area contributed by atoms with E-state index in [-0.39, 0.29) is 5.12 Å². The van der Waals surface area contributed by atoms with E-state index in [1.165, 1.54) is 11.8 Å². The van der Waals surface area contributed by atoms with Crippen LogP contribution in [-0.4, -0.2) is 28.0 Å². The third kappa shape index (κ3) is 5.33. The lowest BCUT2D eigenvalue weighted by Gasteiger charge is -2.01. The molecule has 2 aromatic rings. The molecule has 0 N–H and O–H groups in total. The number of unbranched alkanes of at least 4 members (excludes halogenated alkanes) is 1. The summed E-state index contributed by atoms with van der Waals surface area (Å²) in [6.07, 6.45) is 5.79. The summed E-state index contributed by atoms with van der Waals surface area (Å²) in [5.41, 5.74) is 1.95. The fourth-order valence-corrected chi connectivity index (χ4v) is 2.73. The molecule has 0 aliphatic carbocycles. The third-order valence-corrected chi connectivity index (χ3v) is 4.24. The molecular formula is C16H20BN3OS. The van der Waals surface area contributed by atoms with Crippen molar-refractivity contribution in [1.82, 2.24) is 15.0 Å². The van der Waals surface area contributed by atoms with Crippen LogP contribution in [0.3, 0.4) is 0 Å². The van der Waals surface area contributed by atoms with Crippen molar-refractivity contribution in [3.8, 4) is 0 Å². The number of carbonyl (C=O) groups is 1. The molecule has 0 saturated carbocycles. The van der Waals surface area contributed by atoms with E-state index >= 15 is 0 Å². The van der Waals surface area contributed by atoms with Crippen LogP contribution in [0.25, 0.3) is 0 Å². The van der Waals surface area contributed by atoms with Crippen LogP contribution in [0, 0.1) is 0 Å². The Labute approximate surface area is 137 Å². The number of aryl methyl sites for hydroxylation is 2. The predicted molar refractivity (Wildman–Crippen MR) is 90.0 cm³/mol. The Morgan fingerprint density at radius 1 is 1.32 bits per heavy atom. The Balaban J connectivity index is 1.78. The van der Waals surface area contributed by atoms with E-state index in [0.29, 0.717) is 19.2 Å². The van der Waals surface area contributed by atoms with Crippen molar-refractivity contribution in [2.75, 3.05) is 0 Å². The Morgan fingerprint density at radius 3 is 2.77 bits per heavy atom. The van der Waals surface area contributed by atoms with Gasteiger partial charge in [-0.05, 0) is 18.6 Å². The quantitative estimate of drug-likeness (QED) is 0.555. The van der Waals surface area contributed by atoms with Gasteiger partial charge in [-0.15, -0.1) is 5.10 Å². The maximum absolute atomic E-state index is 12.0. The standard InChI is InChI=1S/C16H20BN3OS/c1-2-3-10-20-12-14(18-19-20)6-9-16(21)22-15-7-4-13(11-17)5-8-15/h4-5,7-8,12H,2-3,6,9-11H2,1H3. The van der Waals surface area contributed by atoms with Gasteiger partial charge in [0.1, 0.15) is 0 Å². The normalized spacial score (nSPS) is 10.8. The highest BCUT2D eigenvalue weighted by atomic mass is 32.2. The van der Waals surface area contributed by atoms with Crippen molar-refractivity contribution in [1.29, 1.82) is 0 Å². The Hall–Kier alpha value is -1.56. The van der Waals surface area contributed by atoms with Gasteiger partial charge < -0.3 is 0 Å². The van der Waals surface area contributed by atoms with Gasteiger partial charge in [0.15, 0.2) is 5.12 Å². The first-order valence-corrected chi connectivity index (χ1v) is 8.41. The monoisotopic (exact) mass is 313 g/mol. The van der Waals surface area contributed by atoms with Crippen LogP contribution in [0.4, 0.5) is 0 Å². The van der Waals surface area contributed by atoms with Gasteiger partial charge in [-0.25, -0.2) is 0 Å². The number of benzene rings is 1. The van der Waals surface area contributed by atoms with Gasteiger partial charge in [0.2, 0.25) is 0 Å². The highest BCUT2D eigenvalue weighted by Crippen LogP contribution is 2.21. The molecule has 0 amide bonds. The van der Waals surface area contributed by atoms with Gasteiger partial charge in [-0.2, -0.15) is 0 Å². The van der Waals surface area contributed by atoms with Crippen molar-refractivity contribution in [3.05, 3.63) is 41.7 Å². The molecule has 2 rings (SSSR count). The molecule has 2 radical (unpaired) electrons. The summed E-state index contributed by atoms with van der Waals surface area (Å²) in [7, 11) is 5.56. The zero-order chi connectivity index (χ0) is 15.8. The minimum absolute atomic E-state index is 0.142. The molecular weight excluding hydrogens is 293 g/mol. The Bertz CT molecular complexity index is 598. The van der Waals surface area contributed by atoms with E-state index in [4.69, 9.17) is 7.85 Å². The molecule has 0 spiro atoms. The smallest absolute Gasteiger partial charge is 0.194 e. The lowest BCUT2D eigenvalue weighted by Crippen LogP contribution is -1.97.